The highest BCUT2D eigenvalue weighted by Crippen LogP contribution is 2.23. The maximum Gasteiger partial charge on any atom is 0.337 e. The van der Waals surface area contributed by atoms with Crippen LogP contribution in [-0.4, -0.2) is 57.6 Å². The van der Waals surface area contributed by atoms with Gasteiger partial charge in [-0.05, 0) is 45.7 Å². The molecule has 1 aromatic rings. The first-order valence-electron chi connectivity index (χ1n) is 9.05. The number of aromatic carboxylic acids is 1. The molecule has 2 atom stereocenters. The van der Waals surface area contributed by atoms with E-state index in [9.17, 15) is 14.9 Å². The summed E-state index contributed by atoms with van der Waals surface area (Å²) in [5.74, 6) is 1.93. The van der Waals surface area contributed by atoms with Crippen molar-refractivity contribution in [2.75, 3.05) is 18.4 Å². The SMILES string of the molecule is C#C[C@H]1CC[C@@H](C#N)N1C(=O)CNC(C)(C)CNc1ccc(C(=O)O)c(C)n1. The number of rotatable bonds is 7. The minimum absolute atomic E-state index is 0.0649. The first-order chi connectivity index (χ1) is 13.2. The van der Waals surface area contributed by atoms with Crippen molar-refractivity contribution in [3.8, 4) is 18.4 Å². The fourth-order valence-corrected chi connectivity index (χ4v) is 3.11. The molecule has 1 aromatic heterocycles. The molecule has 28 heavy (non-hydrogen) atoms. The van der Waals surface area contributed by atoms with Gasteiger partial charge in [0, 0.05) is 12.1 Å². The predicted octanol–water partition coefficient (Wildman–Crippen LogP) is 1.38. The quantitative estimate of drug-likeness (QED) is 0.609. The van der Waals surface area contributed by atoms with Gasteiger partial charge in [0.25, 0.3) is 0 Å². The second kappa shape index (κ2) is 8.73. The third-order valence-electron chi connectivity index (χ3n) is 4.76. The number of nitriles is 1. The van der Waals surface area contributed by atoms with Crippen LogP contribution in [0.1, 0.15) is 42.7 Å². The smallest absolute Gasteiger partial charge is 0.337 e. The molecule has 1 saturated heterocycles. The normalized spacial score (nSPS) is 19.0. The number of nitrogens with one attached hydrogen (secondary N) is 2. The van der Waals surface area contributed by atoms with Crippen LogP contribution in [0.25, 0.3) is 0 Å². The number of aromatic nitrogens is 1. The zero-order chi connectivity index (χ0) is 20.9. The van der Waals surface area contributed by atoms with Crippen LogP contribution in [0.15, 0.2) is 12.1 Å². The summed E-state index contributed by atoms with van der Waals surface area (Å²) in [5.41, 5.74) is 0.133. The molecule has 8 nitrogen and oxygen atoms in total. The van der Waals surface area contributed by atoms with Gasteiger partial charge in [0.15, 0.2) is 0 Å². The Balaban J connectivity index is 1.92. The molecule has 0 radical (unpaired) electrons. The van der Waals surface area contributed by atoms with Crippen molar-refractivity contribution in [1.29, 1.82) is 5.26 Å². The van der Waals surface area contributed by atoms with E-state index in [2.05, 4.69) is 27.6 Å². The number of pyridine rings is 1. The number of carbonyl (C=O) groups excluding carboxylic acids is 1. The highest BCUT2D eigenvalue weighted by Gasteiger charge is 2.36. The molecular weight excluding hydrogens is 358 g/mol. The Morgan fingerprint density at radius 1 is 1.39 bits per heavy atom. The zero-order valence-corrected chi connectivity index (χ0v) is 16.3. The van der Waals surface area contributed by atoms with Crippen LogP contribution in [0.3, 0.4) is 0 Å². The van der Waals surface area contributed by atoms with Crippen LogP contribution in [0.2, 0.25) is 0 Å². The minimum atomic E-state index is -1.01. The van der Waals surface area contributed by atoms with Crippen molar-refractivity contribution in [3.05, 3.63) is 23.4 Å². The molecule has 148 valence electrons. The Morgan fingerprint density at radius 3 is 2.64 bits per heavy atom. The number of hydrogen-bond acceptors (Lipinski definition) is 6. The Hall–Kier alpha value is -3.10. The van der Waals surface area contributed by atoms with Crippen LogP contribution >= 0.6 is 0 Å². The standard InChI is InChI=1S/C20H25N5O3/c1-5-14-6-7-15(10-21)25(14)18(26)11-23-20(3,4)12-22-17-9-8-16(19(27)28)13(2)24-17/h1,8-9,14-15,23H,6-7,11-12H2,2-4H3,(H,22,24)(H,27,28)/t14-,15-/m0/s1. The molecular formula is C20H25N5O3. The Kier molecular flexibility index (Phi) is 6.61. The molecule has 1 fully saturated rings. The van der Waals surface area contributed by atoms with Gasteiger partial charge in [-0.15, -0.1) is 6.42 Å². The Labute approximate surface area is 164 Å². The third kappa shape index (κ3) is 4.99. The van der Waals surface area contributed by atoms with E-state index in [0.717, 1.165) is 0 Å². The minimum Gasteiger partial charge on any atom is -0.478 e. The van der Waals surface area contributed by atoms with Gasteiger partial charge in [-0.25, -0.2) is 9.78 Å². The molecule has 1 amide bonds. The number of terminal acetylenes is 1. The van der Waals surface area contributed by atoms with E-state index in [4.69, 9.17) is 11.5 Å². The van der Waals surface area contributed by atoms with Crippen LogP contribution in [-0.2, 0) is 4.79 Å². The summed E-state index contributed by atoms with van der Waals surface area (Å²) in [6, 6.07) is 4.45. The first kappa shape index (κ1) is 21.2. The lowest BCUT2D eigenvalue weighted by Gasteiger charge is -2.30. The van der Waals surface area contributed by atoms with Crippen molar-refractivity contribution in [1.82, 2.24) is 15.2 Å². The Morgan fingerprint density at radius 2 is 2.07 bits per heavy atom. The molecule has 0 spiro atoms. The molecule has 0 bridgehead atoms. The first-order valence-corrected chi connectivity index (χ1v) is 9.05. The maximum atomic E-state index is 12.6. The van der Waals surface area contributed by atoms with Gasteiger partial charge in [0.2, 0.25) is 5.91 Å². The van der Waals surface area contributed by atoms with Gasteiger partial charge in [-0.1, -0.05) is 5.92 Å². The topological polar surface area (TPSA) is 118 Å². The largest absolute Gasteiger partial charge is 0.478 e. The summed E-state index contributed by atoms with van der Waals surface area (Å²) < 4.78 is 0. The summed E-state index contributed by atoms with van der Waals surface area (Å²) in [5, 5.41) is 24.6. The lowest BCUT2D eigenvalue weighted by atomic mass is 10.1. The molecule has 8 heteroatoms. The molecule has 1 aliphatic heterocycles. The molecule has 0 aromatic carbocycles. The van der Waals surface area contributed by atoms with Gasteiger partial charge in [-0.3, -0.25) is 4.79 Å². The van der Waals surface area contributed by atoms with Crippen molar-refractivity contribution < 1.29 is 14.7 Å². The predicted molar refractivity (Wildman–Crippen MR) is 105 cm³/mol. The van der Waals surface area contributed by atoms with Crippen LogP contribution < -0.4 is 10.6 Å². The van der Waals surface area contributed by atoms with E-state index in [0.29, 0.717) is 30.9 Å². The number of carboxylic acid groups (broad SMARTS) is 1. The highest BCUT2D eigenvalue weighted by molar-refractivity contribution is 5.89. The van der Waals surface area contributed by atoms with Gasteiger partial charge >= 0.3 is 5.97 Å². The van der Waals surface area contributed by atoms with Crippen LogP contribution in [0.4, 0.5) is 5.82 Å². The van der Waals surface area contributed by atoms with E-state index < -0.39 is 17.6 Å². The van der Waals surface area contributed by atoms with Crippen LogP contribution in [0, 0.1) is 30.6 Å². The van der Waals surface area contributed by atoms with Gasteiger partial charge in [-0.2, -0.15) is 5.26 Å². The van der Waals surface area contributed by atoms with Crippen molar-refractivity contribution in [2.45, 2.75) is 51.2 Å². The zero-order valence-electron chi connectivity index (χ0n) is 16.3. The summed E-state index contributed by atoms with van der Waals surface area (Å²) in [6.07, 6.45) is 6.73. The van der Waals surface area contributed by atoms with Crippen LogP contribution in [0.5, 0.6) is 0 Å². The number of carboxylic acids is 1. The van der Waals surface area contributed by atoms with E-state index in [1.54, 1.807) is 13.0 Å². The van der Waals surface area contributed by atoms with Gasteiger partial charge < -0.3 is 20.6 Å². The molecule has 0 saturated carbocycles. The third-order valence-corrected chi connectivity index (χ3v) is 4.76. The Bertz CT molecular complexity index is 815. The highest BCUT2D eigenvalue weighted by atomic mass is 16.4. The number of hydrogen-bond donors (Lipinski definition) is 3. The number of anilines is 1. The lowest BCUT2D eigenvalue weighted by Crippen LogP contribution is -2.52. The average Bonchev–Trinajstić information content (AvgIpc) is 3.07. The number of nitrogens with zero attached hydrogens (tertiary/aromatic N) is 3. The molecule has 0 aliphatic carbocycles. The van der Waals surface area contributed by atoms with E-state index in [1.165, 1.54) is 11.0 Å². The van der Waals surface area contributed by atoms with E-state index in [1.807, 2.05) is 13.8 Å². The number of amides is 1. The summed E-state index contributed by atoms with van der Waals surface area (Å²) >= 11 is 0. The van der Waals surface area contributed by atoms with E-state index >= 15 is 0 Å². The monoisotopic (exact) mass is 383 g/mol. The number of likely N-dealkylation sites (tertiary alicyclic amines) is 1. The van der Waals surface area contributed by atoms with Crippen molar-refractivity contribution >= 4 is 17.7 Å². The summed E-state index contributed by atoms with van der Waals surface area (Å²) in [6.45, 7) is 6.02. The fraction of sp³-hybridized carbons (Fsp3) is 0.500. The lowest BCUT2D eigenvalue weighted by molar-refractivity contribution is -0.131. The van der Waals surface area contributed by atoms with Gasteiger partial charge in [0.1, 0.15) is 11.9 Å². The maximum absolute atomic E-state index is 12.6. The second-order valence-electron chi connectivity index (χ2n) is 7.43. The number of carbonyl (C=O) groups is 2. The molecule has 2 heterocycles. The molecule has 2 rings (SSSR count). The molecule has 1 aliphatic rings. The second-order valence-corrected chi connectivity index (χ2v) is 7.43. The van der Waals surface area contributed by atoms with E-state index in [-0.39, 0.29) is 24.1 Å². The number of aryl methyl sites for hydroxylation is 1. The fourth-order valence-electron chi connectivity index (χ4n) is 3.11. The summed E-state index contributed by atoms with van der Waals surface area (Å²) in [7, 11) is 0. The van der Waals surface area contributed by atoms with Gasteiger partial charge in [0.05, 0.1) is 29.9 Å². The van der Waals surface area contributed by atoms with Crippen molar-refractivity contribution in [3.63, 3.8) is 0 Å². The summed E-state index contributed by atoms with van der Waals surface area (Å²) in [4.78, 5) is 29.4. The molecule has 3 N–H and O–H groups in total. The average molecular weight is 383 g/mol. The van der Waals surface area contributed by atoms with Crippen molar-refractivity contribution in [2.24, 2.45) is 0 Å². The molecule has 0 unspecified atom stereocenters.